The van der Waals surface area contributed by atoms with Gasteiger partial charge in [0.15, 0.2) is 0 Å². The highest BCUT2D eigenvalue weighted by Gasteiger charge is 2.18. The number of aromatic nitrogens is 4. The Morgan fingerprint density at radius 1 is 0.618 bits per heavy atom. The van der Waals surface area contributed by atoms with Gasteiger partial charge in [-0.15, -0.1) is 0 Å². The lowest BCUT2D eigenvalue weighted by atomic mass is 10.4. The van der Waals surface area contributed by atoms with Crippen LogP contribution in [0.1, 0.15) is 0 Å². The van der Waals surface area contributed by atoms with E-state index in [4.69, 9.17) is 60.6 Å². The number of hydrogen-bond acceptors (Lipinski definition) is 10. The predicted octanol–water partition coefficient (Wildman–Crippen LogP) is 2.85. The number of nitrogens with one attached hydrogen (secondary N) is 1. The third-order valence-electron chi connectivity index (χ3n) is 4.78. The predicted molar refractivity (Wildman–Crippen MR) is 134 cm³/mol. The molecule has 3 saturated heterocycles. The maximum absolute atomic E-state index is 6.12. The molecular weight excluding hydrogens is 528 g/mol. The van der Waals surface area contributed by atoms with E-state index < -0.39 is 0 Å². The van der Waals surface area contributed by atoms with Crippen LogP contribution in [0.15, 0.2) is 12.1 Å². The molecule has 0 saturated carbocycles. The molecule has 0 amide bonds. The van der Waals surface area contributed by atoms with E-state index in [0.29, 0.717) is 24.3 Å². The molecule has 1 N–H and O–H groups in total. The summed E-state index contributed by atoms with van der Waals surface area (Å²) in [6.07, 6.45) is 0. The minimum Gasteiger partial charge on any atom is -0.379 e. The summed E-state index contributed by atoms with van der Waals surface area (Å²) >= 11 is 22.3. The van der Waals surface area contributed by atoms with Crippen molar-refractivity contribution in [1.29, 1.82) is 0 Å². The highest BCUT2D eigenvalue weighted by molar-refractivity contribution is 6.35. The van der Waals surface area contributed by atoms with E-state index in [2.05, 4.69) is 35.1 Å². The van der Waals surface area contributed by atoms with Gasteiger partial charge in [0.05, 0.1) is 39.6 Å². The zero-order chi connectivity index (χ0) is 24.2. The summed E-state index contributed by atoms with van der Waals surface area (Å²) < 4.78 is 15.7. The first-order chi connectivity index (χ1) is 16.5. The standard InChI is InChI=1S/C12H17ClN4O2.C4HCl3N2.C4H9NO/c13-10-9-11(16-1-5-18-6-2-16)15-12(14-10)17-3-7-19-8-4-17;5-2-1-3(6)9-4(7)8-2;1-3-6-4-2-5-1/h9H,1-8H2;1H;5H,1-4H2. The van der Waals surface area contributed by atoms with Gasteiger partial charge in [-0.3, -0.25) is 0 Å². The molecule has 3 aliphatic rings. The van der Waals surface area contributed by atoms with Crippen molar-refractivity contribution in [3.8, 4) is 0 Å². The third-order valence-corrected chi connectivity index (χ3v) is 5.53. The molecule has 0 bridgehead atoms. The van der Waals surface area contributed by atoms with Crippen LogP contribution in [-0.4, -0.2) is 98.8 Å². The smallest absolute Gasteiger partial charge is 0.228 e. The van der Waals surface area contributed by atoms with Gasteiger partial charge >= 0.3 is 0 Å². The Morgan fingerprint density at radius 3 is 1.59 bits per heavy atom. The molecular formula is C20H27Cl4N7O3. The van der Waals surface area contributed by atoms with Crippen molar-refractivity contribution in [2.24, 2.45) is 0 Å². The molecule has 0 aromatic carbocycles. The minimum atomic E-state index is 0.0625. The van der Waals surface area contributed by atoms with E-state index in [9.17, 15) is 0 Å². The van der Waals surface area contributed by atoms with Crippen LogP contribution in [0.4, 0.5) is 11.8 Å². The molecule has 34 heavy (non-hydrogen) atoms. The number of anilines is 2. The van der Waals surface area contributed by atoms with Gasteiger partial charge in [-0.2, -0.15) is 4.98 Å². The Hall–Kier alpha value is -1.24. The average molecular weight is 555 g/mol. The van der Waals surface area contributed by atoms with Gasteiger partial charge in [-0.05, 0) is 11.6 Å². The monoisotopic (exact) mass is 553 g/mol. The van der Waals surface area contributed by atoms with Gasteiger partial charge in [-0.1, -0.05) is 34.8 Å². The van der Waals surface area contributed by atoms with E-state index in [1.54, 1.807) is 0 Å². The lowest BCUT2D eigenvalue weighted by Gasteiger charge is -2.30. The average Bonchev–Trinajstić information content (AvgIpc) is 2.86. The summed E-state index contributed by atoms with van der Waals surface area (Å²) in [7, 11) is 0. The molecule has 3 fully saturated rings. The maximum Gasteiger partial charge on any atom is 0.228 e. The first kappa shape index (κ1) is 27.3. The van der Waals surface area contributed by atoms with Crippen LogP contribution in [0.5, 0.6) is 0 Å². The number of rotatable bonds is 2. The molecule has 0 atom stereocenters. The van der Waals surface area contributed by atoms with Crippen LogP contribution in [-0.2, 0) is 14.2 Å². The van der Waals surface area contributed by atoms with Gasteiger partial charge < -0.3 is 29.3 Å². The molecule has 14 heteroatoms. The maximum atomic E-state index is 6.12. The van der Waals surface area contributed by atoms with E-state index in [1.165, 1.54) is 6.07 Å². The molecule has 0 unspecified atom stereocenters. The van der Waals surface area contributed by atoms with Crippen LogP contribution in [0.3, 0.4) is 0 Å². The number of ether oxygens (including phenoxy) is 3. The quantitative estimate of drug-likeness (QED) is 0.440. The molecule has 2 aromatic heterocycles. The van der Waals surface area contributed by atoms with Crippen molar-refractivity contribution in [2.75, 3.05) is 88.7 Å². The second-order valence-corrected chi connectivity index (χ2v) is 8.69. The van der Waals surface area contributed by atoms with Crippen LogP contribution in [0.2, 0.25) is 20.7 Å². The molecule has 0 spiro atoms. The van der Waals surface area contributed by atoms with Gasteiger partial charge in [0.25, 0.3) is 0 Å². The van der Waals surface area contributed by atoms with Crippen molar-refractivity contribution in [1.82, 2.24) is 25.3 Å². The topological polar surface area (TPSA) is 97.8 Å². The van der Waals surface area contributed by atoms with Crippen LogP contribution in [0, 0.1) is 0 Å². The number of hydrogen-bond donors (Lipinski definition) is 1. The molecule has 10 nitrogen and oxygen atoms in total. The fraction of sp³-hybridized carbons (Fsp3) is 0.600. The fourth-order valence-electron chi connectivity index (χ4n) is 3.13. The van der Waals surface area contributed by atoms with Crippen molar-refractivity contribution in [3.05, 3.63) is 32.9 Å². The highest BCUT2D eigenvalue weighted by Crippen LogP contribution is 2.22. The van der Waals surface area contributed by atoms with Crippen molar-refractivity contribution in [3.63, 3.8) is 0 Å². The number of nitrogens with zero attached hydrogens (tertiary/aromatic N) is 6. The van der Waals surface area contributed by atoms with E-state index in [-0.39, 0.29) is 15.6 Å². The number of morpholine rings is 3. The summed E-state index contributed by atoms with van der Waals surface area (Å²) in [5, 5.41) is 4.21. The lowest BCUT2D eigenvalue weighted by molar-refractivity contribution is 0.109. The van der Waals surface area contributed by atoms with Gasteiger partial charge in [0, 0.05) is 51.4 Å². The lowest BCUT2D eigenvalue weighted by Crippen LogP contribution is -2.39. The number of halogens is 4. The van der Waals surface area contributed by atoms with E-state index >= 15 is 0 Å². The Balaban J connectivity index is 0.000000178. The third kappa shape index (κ3) is 9.79. The normalized spacial score (nSPS) is 18.4. The molecule has 0 radical (unpaired) electrons. The highest BCUT2D eigenvalue weighted by atomic mass is 35.5. The van der Waals surface area contributed by atoms with E-state index in [1.807, 2.05) is 6.07 Å². The van der Waals surface area contributed by atoms with Crippen molar-refractivity contribution in [2.45, 2.75) is 0 Å². The fourth-order valence-corrected chi connectivity index (χ4v) is 4.00. The second kappa shape index (κ2) is 15.0. The van der Waals surface area contributed by atoms with Gasteiger partial charge in [0.2, 0.25) is 11.2 Å². The summed E-state index contributed by atoms with van der Waals surface area (Å²) in [5.74, 6) is 1.57. The Labute approximate surface area is 218 Å². The molecule has 5 heterocycles. The van der Waals surface area contributed by atoms with Gasteiger partial charge in [0.1, 0.15) is 21.3 Å². The van der Waals surface area contributed by atoms with Crippen molar-refractivity contribution >= 4 is 58.2 Å². The molecule has 188 valence electrons. The summed E-state index contributed by atoms with van der Waals surface area (Å²) in [6.45, 7) is 10.0. The Kier molecular flexibility index (Phi) is 12.1. The Morgan fingerprint density at radius 2 is 1.12 bits per heavy atom. The SMILES string of the molecule is C1COCCN1.Clc1cc(Cl)nc(Cl)n1.Clc1cc(N2CCOCC2)nc(N2CCOCC2)n1. The van der Waals surface area contributed by atoms with E-state index in [0.717, 1.165) is 71.5 Å². The first-order valence-electron chi connectivity index (χ1n) is 10.9. The molecule has 3 aliphatic heterocycles. The molecule has 0 aliphatic carbocycles. The zero-order valence-corrected chi connectivity index (χ0v) is 21.6. The summed E-state index contributed by atoms with van der Waals surface area (Å²) in [5.41, 5.74) is 0. The molecule has 5 rings (SSSR count). The summed E-state index contributed by atoms with van der Waals surface area (Å²) in [4.78, 5) is 20.4. The van der Waals surface area contributed by atoms with Gasteiger partial charge in [-0.25, -0.2) is 15.0 Å². The molecule has 2 aromatic rings. The van der Waals surface area contributed by atoms with Crippen LogP contribution >= 0.6 is 46.4 Å². The van der Waals surface area contributed by atoms with Crippen LogP contribution < -0.4 is 15.1 Å². The first-order valence-corrected chi connectivity index (χ1v) is 12.4. The second-order valence-electron chi connectivity index (χ2n) is 7.19. The van der Waals surface area contributed by atoms with Crippen LogP contribution in [0.25, 0.3) is 0 Å². The zero-order valence-electron chi connectivity index (χ0n) is 18.6. The largest absolute Gasteiger partial charge is 0.379 e. The minimum absolute atomic E-state index is 0.0625. The Bertz CT molecular complexity index is 785. The summed E-state index contributed by atoms with van der Waals surface area (Å²) in [6, 6.07) is 3.23. The van der Waals surface area contributed by atoms with Crippen molar-refractivity contribution < 1.29 is 14.2 Å².